The molecule has 1 fully saturated rings. The second kappa shape index (κ2) is 15.3. The minimum Gasteiger partial charge on any atom is -0.463 e. The summed E-state index contributed by atoms with van der Waals surface area (Å²) in [7, 11) is 0. The summed E-state index contributed by atoms with van der Waals surface area (Å²) in [5.74, 6) is -0.989. The highest BCUT2D eigenvalue weighted by molar-refractivity contribution is 5.86. The summed E-state index contributed by atoms with van der Waals surface area (Å²) in [6.45, 7) is 1.45. The Kier molecular flexibility index (Phi) is 13.5. The van der Waals surface area contributed by atoms with E-state index in [0.717, 1.165) is 19.3 Å². The number of ether oxygens (including phenoxy) is 1. The lowest BCUT2D eigenvalue weighted by atomic mass is 9.90. The molecule has 0 aromatic carbocycles. The third kappa shape index (κ3) is 10.5. The summed E-state index contributed by atoms with van der Waals surface area (Å²) in [6, 6.07) is 0. The molecule has 0 bridgehead atoms. The molecule has 1 saturated carbocycles. The van der Waals surface area contributed by atoms with E-state index in [-0.39, 0.29) is 37.1 Å². The molecule has 172 valence electrons. The summed E-state index contributed by atoms with van der Waals surface area (Å²) in [6.07, 6.45) is 11.0. The molecule has 0 radical (unpaired) electrons. The fourth-order valence-electron chi connectivity index (χ4n) is 3.52. The summed E-state index contributed by atoms with van der Waals surface area (Å²) in [5, 5.41) is 38.0. The Bertz CT molecular complexity index is 558. The first-order chi connectivity index (χ1) is 14.4. The van der Waals surface area contributed by atoms with E-state index in [9.17, 15) is 19.8 Å². The first kappa shape index (κ1) is 26.5. The highest BCUT2D eigenvalue weighted by Crippen LogP contribution is 2.33. The van der Waals surface area contributed by atoms with Crippen LogP contribution in [0.3, 0.4) is 0 Å². The van der Waals surface area contributed by atoms with E-state index in [4.69, 9.17) is 14.9 Å². The normalized spacial score (nSPS) is 24.0. The van der Waals surface area contributed by atoms with E-state index < -0.39 is 30.9 Å². The highest BCUT2D eigenvalue weighted by Gasteiger charge is 2.39. The van der Waals surface area contributed by atoms with Gasteiger partial charge in [0.2, 0.25) is 0 Å². The van der Waals surface area contributed by atoms with Crippen molar-refractivity contribution in [2.75, 3.05) is 13.2 Å². The van der Waals surface area contributed by atoms with Crippen LogP contribution >= 0.6 is 0 Å². The maximum absolute atomic E-state index is 12.2. The van der Waals surface area contributed by atoms with E-state index in [1.165, 1.54) is 0 Å². The smallest absolute Gasteiger partial charge is 0.305 e. The monoisotopic (exact) mass is 426 g/mol. The van der Waals surface area contributed by atoms with Crippen molar-refractivity contribution in [3.63, 3.8) is 0 Å². The van der Waals surface area contributed by atoms with Gasteiger partial charge < -0.3 is 25.2 Å². The van der Waals surface area contributed by atoms with Gasteiger partial charge in [-0.25, -0.2) is 0 Å². The number of hydrogen-bond donors (Lipinski definition) is 4. The van der Waals surface area contributed by atoms with Gasteiger partial charge in [-0.2, -0.15) is 0 Å². The van der Waals surface area contributed by atoms with Gasteiger partial charge in [0.15, 0.2) is 0 Å². The zero-order valence-corrected chi connectivity index (χ0v) is 18.0. The molecule has 0 heterocycles. The number of aliphatic hydroxyl groups is 4. The van der Waals surface area contributed by atoms with Gasteiger partial charge in [-0.05, 0) is 25.7 Å². The molecule has 1 rings (SSSR count). The fourth-order valence-corrected chi connectivity index (χ4v) is 3.52. The minimum atomic E-state index is -1.05. The standard InChI is InChI=1S/C23H38O7/c1-2-3-6-9-17(25)12-13-20-19(21(27)14-22(20)28)10-7-4-5-8-11-23(29)30-16-18(26)15-24/h4,7,12-13,17-21,24-27H,2-3,5-6,8-11,14-16H2,1H3/b7-4-,13-12+/t17-,18-,19-,20+,21-/m0/s1. The average molecular weight is 427 g/mol. The van der Waals surface area contributed by atoms with Gasteiger partial charge in [-0.1, -0.05) is 50.5 Å². The van der Waals surface area contributed by atoms with Crippen LogP contribution in [0, 0.1) is 11.8 Å². The molecule has 5 atom stereocenters. The Labute approximate surface area is 179 Å². The Balaban J connectivity index is 2.37. The van der Waals surface area contributed by atoms with Crippen LogP contribution in [0.25, 0.3) is 0 Å². The quantitative estimate of drug-likeness (QED) is 0.179. The number of hydrogen-bond acceptors (Lipinski definition) is 7. The van der Waals surface area contributed by atoms with Crippen LogP contribution in [0.2, 0.25) is 0 Å². The van der Waals surface area contributed by atoms with Gasteiger partial charge in [-0.3, -0.25) is 9.59 Å². The van der Waals surface area contributed by atoms with E-state index in [2.05, 4.69) is 6.92 Å². The minimum absolute atomic E-state index is 0.00530. The molecule has 1 aliphatic rings. The Hall–Kier alpha value is -1.54. The van der Waals surface area contributed by atoms with E-state index in [0.29, 0.717) is 25.7 Å². The van der Waals surface area contributed by atoms with Crippen molar-refractivity contribution in [2.45, 2.75) is 83.0 Å². The molecule has 0 amide bonds. The molecule has 0 aliphatic heterocycles. The Morgan fingerprint density at radius 2 is 2.00 bits per heavy atom. The average Bonchev–Trinajstić information content (AvgIpc) is 2.99. The summed E-state index contributed by atoms with van der Waals surface area (Å²) >= 11 is 0. The molecular formula is C23H38O7. The molecule has 0 aromatic rings. The van der Waals surface area contributed by atoms with Crippen molar-refractivity contribution in [2.24, 2.45) is 11.8 Å². The molecule has 0 saturated heterocycles. The lowest BCUT2D eigenvalue weighted by Gasteiger charge is -2.17. The predicted octanol–water partition coefficient (Wildman–Crippen LogP) is 2.06. The van der Waals surface area contributed by atoms with Gasteiger partial charge >= 0.3 is 5.97 Å². The number of carbonyl (C=O) groups excluding carboxylic acids is 2. The zero-order chi connectivity index (χ0) is 22.4. The van der Waals surface area contributed by atoms with Crippen molar-refractivity contribution in [1.82, 2.24) is 0 Å². The first-order valence-electron chi connectivity index (χ1n) is 11.1. The summed E-state index contributed by atoms with van der Waals surface area (Å²) < 4.78 is 4.83. The van der Waals surface area contributed by atoms with Crippen molar-refractivity contribution < 1.29 is 34.8 Å². The SMILES string of the molecule is CCCCC[C@H](O)/C=C/[C@H]1C(=O)C[C@H](O)[C@H]1C/C=C\CCCC(=O)OC[C@@H](O)CO. The Morgan fingerprint density at radius 3 is 2.70 bits per heavy atom. The maximum Gasteiger partial charge on any atom is 0.305 e. The van der Waals surface area contributed by atoms with Crippen LogP contribution < -0.4 is 0 Å². The molecule has 1 aliphatic carbocycles. The number of Topliss-reactive ketones (excluding diaryl/α,β-unsaturated/α-hetero) is 1. The van der Waals surface area contributed by atoms with Crippen LogP contribution in [0.4, 0.5) is 0 Å². The van der Waals surface area contributed by atoms with E-state index in [1.54, 1.807) is 12.2 Å². The second-order valence-electron chi connectivity index (χ2n) is 7.99. The van der Waals surface area contributed by atoms with Crippen LogP contribution in [0.1, 0.15) is 64.7 Å². The van der Waals surface area contributed by atoms with Crippen LogP contribution in [0.5, 0.6) is 0 Å². The van der Waals surface area contributed by atoms with Crippen LogP contribution in [-0.2, 0) is 14.3 Å². The number of aliphatic hydroxyl groups excluding tert-OH is 4. The molecular weight excluding hydrogens is 388 g/mol. The lowest BCUT2D eigenvalue weighted by molar-refractivity contribution is -0.147. The molecule has 4 N–H and O–H groups in total. The van der Waals surface area contributed by atoms with Crippen molar-refractivity contribution in [3.8, 4) is 0 Å². The van der Waals surface area contributed by atoms with Crippen LogP contribution in [-0.4, -0.2) is 63.7 Å². The number of carbonyl (C=O) groups is 2. The van der Waals surface area contributed by atoms with Gasteiger partial charge in [0, 0.05) is 24.7 Å². The molecule has 7 heteroatoms. The first-order valence-corrected chi connectivity index (χ1v) is 11.1. The lowest BCUT2D eigenvalue weighted by Crippen LogP contribution is -2.21. The molecule has 7 nitrogen and oxygen atoms in total. The maximum atomic E-state index is 12.2. The topological polar surface area (TPSA) is 124 Å². The van der Waals surface area contributed by atoms with Crippen molar-refractivity contribution in [1.29, 1.82) is 0 Å². The molecule has 30 heavy (non-hydrogen) atoms. The van der Waals surface area contributed by atoms with Crippen molar-refractivity contribution in [3.05, 3.63) is 24.3 Å². The van der Waals surface area contributed by atoms with Gasteiger partial charge in [0.1, 0.15) is 18.5 Å². The van der Waals surface area contributed by atoms with E-state index in [1.807, 2.05) is 12.2 Å². The third-order valence-electron chi connectivity index (χ3n) is 5.36. The summed E-state index contributed by atoms with van der Waals surface area (Å²) in [4.78, 5) is 23.7. The molecule has 0 unspecified atom stereocenters. The molecule has 0 aromatic heterocycles. The summed E-state index contributed by atoms with van der Waals surface area (Å²) in [5.41, 5.74) is 0. The number of esters is 1. The zero-order valence-electron chi connectivity index (χ0n) is 18.0. The predicted molar refractivity (Wildman–Crippen MR) is 114 cm³/mol. The number of rotatable bonds is 15. The van der Waals surface area contributed by atoms with Gasteiger partial charge in [-0.15, -0.1) is 0 Å². The third-order valence-corrected chi connectivity index (χ3v) is 5.36. The second-order valence-corrected chi connectivity index (χ2v) is 7.99. The van der Waals surface area contributed by atoms with Gasteiger partial charge in [0.25, 0.3) is 0 Å². The van der Waals surface area contributed by atoms with Crippen molar-refractivity contribution >= 4 is 11.8 Å². The van der Waals surface area contributed by atoms with E-state index >= 15 is 0 Å². The van der Waals surface area contributed by atoms with Gasteiger partial charge in [0.05, 0.1) is 18.8 Å². The number of ketones is 1. The fraction of sp³-hybridized carbons (Fsp3) is 0.739. The Morgan fingerprint density at radius 1 is 1.23 bits per heavy atom. The highest BCUT2D eigenvalue weighted by atomic mass is 16.5. The molecule has 0 spiro atoms. The number of unbranched alkanes of at least 4 members (excludes halogenated alkanes) is 3. The largest absolute Gasteiger partial charge is 0.463 e. The number of allylic oxidation sites excluding steroid dienone is 3. The van der Waals surface area contributed by atoms with Crippen LogP contribution in [0.15, 0.2) is 24.3 Å².